The number of hydrogen-bond donors (Lipinski definition) is 1. The fourth-order valence-corrected chi connectivity index (χ4v) is 3.25. The second kappa shape index (κ2) is 4.48. The second-order valence-electron chi connectivity index (χ2n) is 2.89. The van der Waals surface area contributed by atoms with Gasteiger partial charge in [-0.05, 0) is 0 Å². The van der Waals surface area contributed by atoms with Crippen molar-refractivity contribution in [2.75, 3.05) is 0 Å². The normalized spacial score (nSPS) is 10.4. The van der Waals surface area contributed by atoms with E-state index >= 15 is 0 Å². The summed E-state index contributed by atoms with van der Waals surface area (Å²) in [6, 6.07) is 12.9. The van der Waals surface area contributed by atoms with Gasteiger partial charge in [0, 0.05) is 0 Å². The summed E-state index contributed by atoms with van der Waals surface area (Å²) in [5.74, 6) is -0.187. The summed E-state index contributed by atoms with van der Waals surface area (Å²) in [6.45, 7) is 0. The molecule has 1 aromatic heterocycles. The molecule has 78 valence electrons. The molecule has 0 aliphatic carbocycles. The average molecular weight is 314 g/mol. The molecular formula is C11H9INO2-. The van der Waals surface area contributed by atoms with Gasteiger partial charge in [0.15, 0.2) is 0 Å². The molecular weight excluding hydrogens is 305 g/mol. The van der Waals surface area contributed by atoms with Crippen LogP contribution in [0.5, 0.6) is 5.75 Å². The second-order valence-corrected chi connectivity index (χ2v) is 5.66. The molecule has 0 amide bonds. The number of aromatic hydroxyl groups is 1. The van der Waals surface area contributed by atoms with Gasteiger partial charge in [-0.1, -0.05) is 0 Å². The topological polar surface area (TPSA) is 42.2 Å². The Kier molecular flexibility index (Phi) is 3.05. The summed E-state index contributed by atoms with van der Waals surface area (Å²) >= 11 is -0.566. The van der Waals surface area contributed by atoms with E-state index in [1.54, 1.807) is 15.0 Å². The van der Waals surface area contributed by atoms with Crippen LogP contribution in [0.2, 0.25) is 0 Å². The minimum atomic E-state index is -0.566. The first kappa shape index (κ1) is 10.2. The number of pyridine rings is 1. The standard InChI is InChI=1S/C11H9INO2/c14-10-7-4-8-13(11(10)15)12-9-5-2-1-3-6-9/h1-8,14H/q-1. The molecule has 0 unspecified atom stereocenters. The van der Waals surface area contributed by atoms with Crippen molar-refractivity contribution in [1.82, 2.24) is 2.78 Å². The van der Waals surface area contributed by atoms with Gasteiger partial charge >= 0.3 is 97.7 Å². The Morgan fingerprint density at radius 2 is 1.80 bits per heavy atom. The van der Waals surface area contributed by atoms with Crippen LogP contribution in [0.25, 0.3) is 0 Å². The van der Waals surface area contributed by atoms with Gasteiger partial charge in [-0.3, -0.25) is 0 Å². The Morgan fingerprint density at radius 1 is 1.07 bits per heavy atom. The Bertz CT molecular complexity index is 507. The van der Waals surface area contributed by atoms with Crippen LogP contribution in [0, 0.1) is 3.57 Å². The molecule has 0 saturated carbocycles. The molecule has 1 heterocycles. The van der Waals surface area contributed by atoms with Crippen LogP contribution >= 0.6 is 0 Å². The summed E-state index contributed by atoms with van der Waals surface area (Å²) in [5.41, 5.74) is -0.311. The third-order valence-corrected chi connectivity index (χ3v) is 4.36. The molecule has 0 radical (unpaired) electrons. The van der Waals surface area contributed by atoms with Gasteiger partial charge in [0.05, 0.1) is 0 Å². The third-order valence-electron chi connectivity index (χ3n) is 1.81. The molecule has 0 atom stereocenters. The molecule has 0 aliphatic heterocycles. The Hall–Kier alpha value is -1.30. The van der Waals surface area contributed by atoms with E-state index in [0.29, 0.717) is 0 Å². The summed E-state index contributed by atoms with van der Waals surface area (Å²) < 4.78 is 2.73. The number of nitrogens with zero attached hydrogens (tertiary/aromatic N) is 1. The van der Waals surface area contributed by atoms with E-state index in [-0.39, 0.29) is 11.3 Å². The predicted octanol–water partition coefficient (Wildman–Crippen LogP) is -1.72. The van der Waals surface area contributed by atoms with Crippen molar-refractivity contribution in [3.8, 4) is 5.75 Å². The molecule has 3 nitrogen and oxygen atoms in total. The summed E-state index contributed by atoms with van der Waals surface area (Å²) in [6.07, 6.45) is 1.71. The van der Waals surface area contributed by atoms with Gasteiger partial charge in [-0.25, -0.2) is 0 Å². The molecule has 0 saturated heterocycles. The fraction of sp³-hybridized carbons (Fsp3) is 0. The monoisotopic (exact) mass is 314 g/mol. The molecule has 2 rings (SSSR count). The molecule has 0 spiro atoms. The van der Waals surface area contributed by atoms with Crippen LogP contribution in [0.3, 0.4) is 0 Å². The van der Waals surface area contributed by atoms with E-state index in [2.05, 4.69) is 0 Å². The van der Waals surface area contributed by atoms with Crippen molar-refractivity contribution in [3.63, 3.8) is 0 Å². The van der Waals surface area contributed by atoms with E-state index in [0.717, 1.165) is 3.57 Å². The predicted molar refractivity (Wildman–Crippen MR) is 52.9 cm³/mol. The first-order valence-corrected chi connectivity index (χ1v) is 6.43. The van der Waals surface area contributed by atoms with Crippen molar-refractivity contribution < 1.29 is 26.6 Å². The molecule has 0 fully saturated rings. The first-order chi connectivity index (χ1) is 7.27. The minimum absolute atomic E-state index is 0.187. The maximum atomic E-state index is 11.5. The summed E-state index contributed by atoms with van der Waals surface area (Å²) in [4.78, 5) is 11.5. The van der Waals surface area contributed by atoms with Gasteiger partial charge < -0.3 is 0 Å². The Balaban J connectivity index is 2.33. The molecule has 1 N–H and O–H groups in total. The van der Waals surface area contributed by atoms with Crippen molar-refractivity contribution in [2.24, 2.45) is 0 Å². The maximum absolute atomic E-state index is 11.5. The van der Waals surface area contributed by atoms with E-state index < -0.39 is 21.5 Å². The molecule has 4 heteroatoms. The number of hydrogen-bond acceptors (Lipinski definition) is 2. The molecule has 1 aromatic carbocycles. The first-order valence-electron chi connectivity index (χ1n) is 4.38. The van der Waals surface area contributed by atoms with Crippen molar-refractivity contribution >= 4 is 0 Å². The summed E-state index contributed by atoms with van der Waals surface area (Å²) in [5, 5.41) is 9.26. The molecule has 15 heavy (non-hydrogen) atoms. The van der Waals surface area contributed by atoms with Crippen molar-refractivity contribution in [2.45, 2.75) is 0 Å². The zero-order chi connectivity index (χ0) is 10.7. The fourth-order valence-electron chi connectivity index (χ4n) is 1.10. The molecule has 0 aliphatic rings. The van der Waals surface area contributed by atoms with Crippen LogP contribution < -0.4 is 27.0 Å². The number of benzene rings is 1. The van der Waals surface area contributed by atoms with Crippen LogP contribution in [0.15, 0.2) is 53.5 Å². The van der Waals surface area contributed by atoms with Crippen LogP contribution in [-0.2, 0) is 0 Å². The average Bonchev–Trinajstić information content (AvgIpc) is 2.26. The zero-order valence-corrected chi connectivity index (χ0v) is 9.96. The third kappa shape index (κ3) is 2.38. The van der Waals surface area contributed by atoms with Crippen molar-refractivity contribution in [1.29, 1.82) is 0 Å². The van der Waals surface area contributed by atoms with E-state index in [1.807, 2.05) is 30.3 Å². The van der Waals surface area contributed by atoms with Gasteiger partial charge in [0.25, 0.3) is 0 Å². The van der Waals surface area contributed by atoms with Crippen molar-refractivity contribution in [3.05, 3.63) is 62.6 Å². The van der Waals surface area contributed by atoms with Crippen LogP contribution in [-0.4, -0.2) is 7.89 Å². The van der Waals surface area contributed by atoms with Crippen LogP contribution in [0.4, 0.5) is 0 Å². The Morgan fingerprint density at radius 3 is 2.53 bits per heavy atom. The Labute approximate surface area is 97.6 Å². The zero-order valence-electron chi connectivity index (χ0n) is 7.80. The van der Waals surface area contributed by atoms with Gasteiger partial charge in [-0.15, -0.1) is 0 Å². The SMILES string of the molecule is O=c1c(O)cccn1[I-]c1ccccc1. The molecule has 2 aromatic rings. The quantitative estimate of drug-likeness (QED) is 0.670. The van der Waals surface area contributed by atoms with E-state index in [9.17, 15) is 9.90 Å². The van der Waals surface area contributed by atoms with E-state index in [1.165, 1.54) is 6.07 Å². The van der Waals surface area contributed by atoms with Gasteiger partial charge in [0.1, 0.15) is 0 Å². The van der Waals surface area contributed by atoms with Gasteiger partial charge in [0.2, 0.25) is 0 Å². The summed E-state index contributed by atoms with van der Waals surface area (Å²) in [7, 11) is 0. The number of halogens is 1. The van der Waals surface area contributed by atoms with E-state index in [4.69, 9.17) is 0 Å². The van der Waals surface area contributed by atoms with Crippen LogP contribution in [0.1, 0.15) is 0 Å². The number of rotatable bonds is 2. The number of aromatic nitrogens is 1. The van der Waals surface area contributed by atoms with Gasteiger partial charge in [-0.2, -0.15) is 0 Å². The molecule has 0 bridgehead atoms.